The third-order valence-electron chi connectivity index (χ3n) is 6.49. The molecular formula is C26H39N6O3+. The van der Waals surface area contributed by atoms with Crippen molar-refractivity contribution in [3.05, 3.63) is 40.4 Å². The monoisotopic (exact) mass is 483 g/mol. The van der Waals surface area contributed by atoms with Gasteiger partial charge >= 0.3 is 0 Å². The Labute approximate surface area is 207 Å². The van der Waals surface area contributed by atoms with Gasteiger partial charge in [0, 0.05) is 24.4 Å². The van der Waals surface area contributed by atoms with Gasteiger partial charge in [0.05, 0.1) is 6.04 Å². The average Bonchev–Trinajstić information content (AvgIpc) is 2.82. The molecule has 0 aromatic carbocycles. The quantitative estimate of drug-likeness (QED) is 0.351. The first-order valence-electron chi connectivity index (χ1n) is 12.8. The highest BCUT2D eigenvalue weighted by molar-refractivity contribution is 6.08. The number of H-pyrrole nitrogens is 1. The SMILES string of the molecule is CCCCCCCC[n+]1cccc(C(=O)N2c3c(nc(NC(=O)C(C)C)[nH]c3=O)N[C@H](C)[C@@H]2C)c1. The lowest BCUT2D eigenvalue weighted by atomic mass is 10.0. The lowest BCUT2D eigenvalue weighted by Gasteiger charge is -2.38. The molecular weight excluding hydrogens is 444 g/mol. The van der Waals surface area contributed by atoms with Crippen LogP contribution in [0.25, 0.3) is 0 Å². The van der Waals surface area contributed by atoms with E-state index >= 15 is 0 Å². The van der Waals surface area contributed by atoms with Crippen LogP contribution in [-0.2, 0) is 11.3 Å². The van der Waals surface area contributed by atoms with Gasteiger partial charge in [-0.05, 0) is 26.3 Å². The van der Waals surface area contributed by atoms with Crippen LogP contribution in [0.2, 0.25) is 0 Å². The fourth-order valence-electron chi connectivity index (χ4n) is 4.16. The molecule has 0 spiro atoms. The maximum absolute atomic E-state index is 13.7. The summed E-state index contributed by atoms with van der Waals surface area (Å²) in [7, 11) is 0. The van der Waals surface area contributed by atoms with Crippen molar-refractivity contribution < 1.29 is 14.2 Å². The fraction of sp³-hybridized carbons (Fsp3) is 0.577. The van der Waals surface area contributed by atoms with Crippen molar-refractivity contribution in [2.45, 2.75) is 91.8 Å². The van der Waals surface area contributed by atoms with E-state index < -0.39 is 5.56 Å². The Balaban J connectivity index is 1.83. The van der Waals surface area contributed by atoms with Gasteiger partial charge in [0.1, 0.15) is 12.1 Å². The van der Waals surface area contributed by atoms with Gasteiger partial charge in [-0.15, -0.1) is 0 Å². The number of carbonyl (C=O) groups excluding carboxylic acids is 2. The van der Waals surface area contributed by atoms with E-state index in [1.165, 1.54) is 37.0 Å². The van der Waals surface area contributed by atoms with E-state index in [9.17, 15) is 14.4 Å². The molecule has 2 aromatic rings. The highest BCUT2D eigenvalue weighted by atomic mass is 16.2. The zero-order valence-corrected chi connectivity index (χ0v) is 21.6. The first-order chi connectivity index (χ1) is 16.7. The van der Waals surface area contributed by atoms with Crippen LogP contribution in [0.15, 0.2) is 29.3 Å². The summed E-state index contributed by atoms with van der Waals surface area (Å²) in [5, 5.41) is 5.83. The molecule has 3 heterocycles. The van der Waals surface area contributed by atoms with Crippen molar-refractivity contribution in [2.75, 3.05) is 15.5 Å². The van der Waals surface area contributed by atoms with Gasteiger partial charge in [0.15, 0.2) is 23.9 Å². The number of anilines is 3. The molecule has 0 radical (unpaired) electrons. The van der Waals surface area contributed by atoms with Crippen molar-refractivity contribution in [1.29, 1.82) is 0 Å². The molecule has 1 aliphatic heterocycles. The molecule has 9 nitrogen and oxygen atoms in total. The predicted octanol–water partition coefficient (Wildman–Crippen LogP) is 3.86. The Hall–Kier alpha value is -3.23. The highest BCUT2D eigenvalue weighted by Gasteiger charge is 2.37. The highest BCUT2D eigenvalue weighted by Crippen LogP contribution is 2.31. The number of pyridine rings is 1. The number of fused-ring (bicyclic) bond motifs is 1. The standard InChI is InChI=1S/C26H38N6O3/c1-6-7-8-9-10-11-14-31-15-12-13-20(16-31)25(35)32-19(5)18(4)27-22-21(32)24(34)30-26(28-22)29-23(33)17(2)3/h12-13,15-19H,6-11,14H2,1-5H3,(H2-,27,28,29,30,33,34)/p+1/t18-,19+/m1/s1. The normalized spacial score (nSPS) is 17.1. The van der Waals surface area contributed by atoms with Crippen molar-refractivity contribution in [1.82, 2.24) is 9.97 Å². The van der Waals surface area contributed by atoms with E-state index in [1.807, 2.05) is 36.9 Å². The number of nitrogens with one attached hydrogen (secondary N) is 3. The molecule has 2 amide bonds. The van der Waals surface area contributed by atoms with Crippen molar-refractivity contribution in [2.24, 2.45) is 5.92 Å². The minimum atomic E-state index is -0.482. The van der Waals surface area contributed by atoms with Crippen molar-refractivity contribution >= 4 is 29.3 Å². The van der Waals surface area contributed by atoms with Crippen LogP contribution in [0, 0.1) is 5.92 Å². The zero-order chi connectivity index (χ0) is 25.5. The summed E-state index contributed by atoms with van der Waals surface area (Å²) in [5.41, 5.74) is 0.195. The molecule has 0 aliphatic carbocycles. The van der Waals surface area contributed by atoms with Gasteiger partial charge in [0.25, 0.3) is 11.5 Å². The van der Waals surface area contributed by atoms with Gasteiger partial charge in [-0.25, -0.2) is 4.57 Å². The van der Waals surface area contributed by atoms with Crippen LogP contribution in [0.1, 0.15) is 83.5 Å². The third-order valence-corrected chi connectivity index (χ3v) is 6.49. The molecule has 0 bridgehead atoms. The van der Waals surface area contributed by atoms with Crippen LogP contribution in [-0.4, -0.2) is 33.9 Å². The Bertz CT molecular complexity index is 1100. The van der Waals surface area contributed by atoms with Crippen LogP contribution in [0.4, 0.5) is 17.5 Å². The molecule has 3 N–H and O–H groups in total. The summed E-state index contributed by atoms with van der Waals surface area (Å²) < 4.78 is 2.04. The summed E-state index contributed by atoms with van der Waals surface area (Å²) in [4.78, 5) is 47.3. The number of aromatic amines is 1. The number of hydrogen-bond donors (Lipinski definition) is 3. The summed E-state index contributed by atoms with van der Waals surface area (Å²) in [6.07, 6.45) is 11.1. The second-order valence-electron chi connectivity index (χ2n) is 9.70. The number of aromatic nitrogens is 3. The number of nitrogens with zero attached hydrogens (tertiary/aromatic N) is 3. The Morgan fingerprint density at radius 1 is 1.17 bits per heavy atom. The average molecular weight is 484 g/mol. The van der Waals surface area contributed by atoms with E-state index in [0.29, 0.717) is 5.56 Å². The molecule has 9 heteroatoms. The van der Waals surface area contributed by atoms with Gasteiger partial charge < -0.3 is 5.32 Å². The maximum Gasteiger partial charge on any atom is 0.278 e. The zero-order valence-electron chi connectivity index (χ0n) is 21.6. The Morgan fingerprint density at radius 3 is 2.60 bits per heavy atom. The Morgan fingerprint density at radius 2 is 1.89 bits per heavy atom. The van der Waals surface area contributed by atoms with Crippen LogP contribution in [0.3, 0.4) is 0 Å². The number of aryl methyl sites for hydroxylation is 1. The molecule has 2 aromatic heterocycles. The van der Waals surface area contributed by atoms with E-state index in [-0.39, 0.29) is 47.3 Å². The maximum atomic E-state index is 13.7. The van der Waals surface area contributed by atoms with Crippen LogP contribution < -0.4 is 25.7 Å². The second-order valence-corrected chi connectivity index (χ2v) is 9.70. The molecule has 3 rings (SSSR count). The Kier molecular flexibility index (Phi) is 9.01. The lowest BCUT2D eigenvalue weighted by Crippen LogP contribution is -2.53. The minimum absolute atomic E-state index is 0.0607. The fourth-order valence-corrected chi connectivity index (χ4v) is 4.16. The van der Waals surface area contributed by atoms with Crippen LogP contribution in [0.5, 0.6) is 0 Å². The molecule has 190 valence electrons. The van der Waals surface area contributed by atoms with Gasteiger partial charge in [-0.2, -0.15) is 4.98 Å². The summed E-state index contributed by atoms with van der Waals surface area (Å²) >= 11 is 0. The van der Waals surface area contributed by atoms with Crippen LogP contribution >= 0.6 is 0 Å². The number of carbonyl (C=O) groups is 2. The molecule has 2 atom stereocenters. The topological polar surface area (TPSA) is 111 Å². The summed E-state index contributed by atoms with van der Waals surface area (Å²) in [6, 6.07) is 3.22. The van der Waals surface area contributed by atoms with E-state index in [0.717, 1.165) is 13.0 Å². The largest absolute Gasteiger partial charge is 0.364 e. The molecule has 1 aliphatic rings. The van der Waals surface area contributed by atoms with Crippen molar-refractivity contribution in [3.8, 4) is 0 Å². The molecule has 0 saturated heterocycles. The molecule has 0 unspecified atom stereocenters. The molecule has 35 heavy (non-hydrogen) atoms. The van der Waals surface area contributed by atoms with Crippen molar-refractivity contribution in [3.63, 3.8) is 0 Å². The van der Waals surface area contributed by atoms with Gasteiger partial charge in [-0.1, -0.05) is 46.5 Å². The summed E-state index contributed by atoms with van der Waals surface area (Å²) in [5.74, 6) is -0.427. The lowest BCUT2D eigenvalue weighted by molar-refractivity contribution is -0.697. The second kappa shape index (κ2) is 12.0. The van der Waals surface area contributed by atoms with E-state index in [4.69, 9.17) is 0 Å². The molecule has 0 fully saturated rings. The summed E-state index contributed by atoms with van der Waals surface area (Å²) in [6.45, 7) is 10.4. The molecule has 0 saturated carbocycles. The van der Waals surface area contributed by atoms with E-state index in [1.54, 1.807) is 19.9 Å². The number of unbranched alkanes of at least 4 members (excludes halogenated alkanes) is 5. The van der Waals surface area contributed by atoms with Gasteiger partial charge in [0.2, 0.25) is 11.9 Å². The number of amides is 2. The number of rotatable bonds is 10. The smallest absolute Gasteiger partial charge is 0.278 e. The first-order valence-corrected chi connectivity index (χ1v) is 12.8. The predicted molar refractivity (Wildman–Crippen MR) is 138 cm³/mol. The first kappa shape index (κ1) is 26.4. The van der Waals surface area contributed by atoms with Gasteiger partial charge in [-0.3, -0.25) is 29.6 Å². The number of hydrogen-bond acceptors (Lipinski definition) is 5. The van der Waals surface area contributed by atoms with E-state index in [2.05, 4.69) is 27.5 Å². The third kappa shape index (κ3) is 6.46. The minimum Gasteiger partial charge on any atom is -0.364 e.